The molecule has 2 atom stereocenters. The van der Waals surface area contributed by atoms with Gasteiger partial charge in [-0.15, -0.1) is 0 Å². The second-order valence-corrected chi connectivity index (χ2v) is 3.93. The fourth-order valence-corrected chi connectivity index (χ4v) is 1.36. The van der Waals surface area contributed by atoms with Gasteiger partial charge in [0.15, 0.2) is 0 Å². The Kier molecular flexibility index (Phi) is 3.77. The maximum Gasteiger partial charge on any atom is 0.391 e. The predicted octanol–water partition coefficient (Wildman–Crippen LogP) is 3.49. The van der Waals surface area contributed by atoms with Crippen LogP contribution in [0.1, 0.15) is 38.3 Å². The lowest BCUT2D eigenvalue weighted by Crippen LogP contribution is -2.20. The van der Waals surface area contributed by atoms with Crippen molar-refractivity contribution in [3.05, 3.63) is 18.0 Å². The normalized spacial score (nSPS) is 16.3. The number of hydrogen-bond donors (Lipinski definition) is 1. The average molecular weight is 220 g/mol. The SMILES string of the molecule is CC(CCC(C)C(F)(F)F)c1ccn[nH]1. The number of nitrogens with one attached hydrogen (secondary N) is 1. The molecule has 2 unspecified atom stereocenters. The molecule has 1 N–H and O–H groups in total. The van der Waals surface area contributed by atoms with Crippen molar-refractivity contribution < 1.29 is 13.2 Å². The first-order chi connectivity index (χ1) is 6.91. The summed E-state index contributed by atoms with van der Waals surface area (Å²) in [5.41, 5.74) is 0.893. The number of alkyl halides is 3. The van der Waals surface area contributed by atoms with Crippen molar-refractivity contribution in [1.82, 2.24) is 10.2 Å². The average Bonchev–Trinajstić information content (AvgIpc) is 2.64. The molecule has 0 aliphatic heterocycles. The van der Waals surface area contributed by atoms with Gasteiger partial charge in [-0.1, -0.05) is 13.8 Å². The summed E-state index contributed by atoms with van der Waals surface area (Å²) in [6.07, 6.45) is -1.79. The highest BCUT2D eigenvalue weighted by Gasteiger charge is 2.35. The van der Waals surface area contributed by atoms with E-state index in [9.17, 15) is 13.2 Å². The number of rotatable bonds is 4. The van der Waals surface area contributed by atoms with Crippen LogP contribution in [-0.2, 0) is 0 Å². The minimum absolute atomic E-state index is 0.0947. The van der Waals surface area contributed by atoms with Gasteiger partial charge in [0.2, 0.25) is 0 Å². The summed E-state index contributed by atoms with van der Waals surface area (Å²) in [4.78, 5) is 0. The highest BCUT2D eigenvalue weighted by atomic mass is 19.4. The van der Waals surface area contributed by atoms with Gasteiger partial charge in [0.25, 0.3) is 0 Å². The van der Waals surface area contributed by atoms with Gasteiger partial charge in [-0.25, -0.2) is 0 Å². The largest absolute Gasteiger partial charge is 0.391 e. The van der Waals surface area contributed by atoms with Gasteiger partial charge >= 0.3 is 6.18 Å². The van der Waals surface area contributed by atoms with Crippen LogP contribution in [0.15, 0.2) is 12.3 Å². The number of nitrogens with zero attached hydrogens (tertiary/aromatic N) is 1. The molecule has 0 bridgehead atoms. The molecule has 0 amide bonds. The zero-order valence-corrected chi connectivity index (χ0v) is 8.80. The molecular weight excluding hydrogens is 205 g/mol. The molecule has 0 fully saturated rings. The second kappa shape index (κ2) is 4.68. The first-order valence-electron chi connectivity index (χ1n) is 4.97. The Morgan fingerprint density at radius 1 is 1.33 bits per heavy atom. The number of H-pyrrole nitrogens is 1. The molecular formula is C10H15F3N2. The summed E-state index contributed by atoms with van der Waals surface area (Å²) in [6, 6.07) is 1.79. The highest BCUT2D eigenvalue weighted by Crippen LogP contribution is 2.31. The molecule has 1 rings (SSSR count). The summed E-state index contributed by atoms with van der Waals surface area (Å²) in [7, 11) is 0. The number of hydrogen-bond acceptors (Lipinski definition) is 1. The maximum absolute atomic E-state index is 12.2. The third kappa shape index (κ3) is 3.57. The summed E-state index contributed by atoms with van der Waals surface area (Å²) in [5, 5.41) is 6.54. The molecule has 86 valence electrons. The fourth-order valence-electron chi connectivity index (χ4n) is 1.36. The molecule has 0 aliphatic rings. The van der Waals surface area contributed by atoms with E-state index in [1.807, 2.05) is 6.92 Å². The van der Waals surface area contributed by atoms with Crippen LogP contribution >= 0.6 is 0 Å². The monoisotopic (exact) mass is 220 g/mol. The zero-order valence-electron chi connectivity index (χ0n) is 8.80. The van der Waals surface area contributed by atoms with Crippen LogP contribution in [0.2, 0.25) is 0 Å². The van der Waals surface area contributed by atoms with Crippen molar-refractivity contribution in [3.63, 3.8) is 0 Å². The number of aromatic amines is 1. The van der Waals surface area contributed by atoms with Crippen LogP contribution in [0.25, 0.3) is 0 Å². The second-order valence-electron chi connectivity index (χ2n) is 3.93. The minimum atomic E-state index is -4.08. The van der Waals surface area contributed by atoms with Gasteiger partial charge in [-0.05, 0) is 24.8 Å². The third-order valence-corrected chi connectivity index (χ3v) is 2.64. The van der Waals surface area contributed by atoms with E-state index in [4.69, 9.17) is 0 Å². The molecule has 0 saturated carbocycles. The maximum atomic E-state index is 12.2. The van der Waals surface area contributed by atoms with Crippen molar-refractivity contribution in [1.29, 1.82) is 0 Å². The molecule has 0 spiro atoms. The van der Waals surface area contributed by atoms with Crippen LogP contribution in [0.4, 0.5) is 13.2 Å². The Morgan fingerprint density at radius 2 is 2.00 bits per heavy atom. The topological polar surface area (TPSA) is 28.7 Å². The Hall–Kier alpha value is -1.00. The standard InChI is InChI=1S/C10H15F3N2/c1-7(9-5-6-14-15-9)3-4-8(2)10(11,12)13/h5-8H,3-4H2,1-2H3,(H,14,15). The summed E-state index contributed by atoms with van der Waals surface area (Å²) in [5.74, 6) is -1.14. The van der Waals surface area contributed by atoms with Crippen LogP contribution < -0.4 is 0 Å². The molecule has 0 radical (unpaired) electrons. The smallest absolute Gasteiger partial charge is 0.282 e. The van der Waals surface area contributed by atoms with Gasteiger partial charge in [-0.3, -0.25) is 5.10 Å². The van der Waals surface area contributed by atoms with Crippen LogP contribution in [-0.4, -0.2) is 16.4 Å². The molecule has 5 heteroatoms. The Labute approximate surface area is 86.9 Å². The van der Waals surface area contributed by atoms with Gasteiger partial charge < -0.3 is 0 Å². The lowest BCUT2D eigenvalue weighted by atomic mass is 9.96. The van der Waals surface area contributed by atoms with E-state index in [2.05, 4.69) is 10.2 Å². The molecule has 0 aliphatic carbocycles. The van der Waals surface area contributed by atoms with E-state index >= 15 is 0 Å². The molecule has 0 saturated heterocycles. The molecule has 1 heterocycles. The van der Waals surface area contributed by atoms with Gasteiger partial charge in [0, 0.05) is 11.9 Å². The van der Waals surface area contributed by atoms with Gasteiger partial charge in [-0.2, -0.15) is 18.3 Å². The lowest BCUT2D eigenvalue weighted by molar-refractivity contribution is -0.171. The lowest BCUT2D eigenvalue weighted by Gasteiger charge is -2.17. The first-order valence-corrected chi connectivity index (χ1v) is 4.97. The van der Waals surface area contributed by atoms with Crippen molar-refractivity contribution >= 4 is 0 Å². The Balaban J connectivity index is 2.38. The molecule has 15 heavy (non-hydrogen) atoms. The molecule has 1 aromatic heterocycles. The van der Waals surface area contributed by atoms with E-state index in [0.29, 0.717) is 6.42 Å². The van der Waals surface area contributed by atoms with Crippen molar-refractivity contribution in [3.8, 4) is 0 Å². The van der Waals surface area contributed by atoms with E-state index in [1.165, 1.54) is 6.92 Å². The Bertz CT molecular complexity index is 279. The third-order valence-electron chi connectivity index (χ3n) is 2.64. The number of aromatic nitrogens is 2. The fraction of sp³-hybridized carbons (Fsp3) is 0.700. The number of halogens is 3. The Morgan fingerprint density at radius 3 is 2.47 bits per heavy atom. The van der Waals surface area contributed by atoms with Gasteiger partial charge in [0.1, 0.15) is 0 Å². The minimum Gasteiger partial charge on any atom is -0.282 e. The quantitative estimate of drug-likeness (QED) is 0.826. The zero-order chi connectivity index (χ0) is 11.5. The predicted molar refractivity (Wildman–Crippen MR) is 51.5 cm³/mol. The van der Waals surface area contributed by atoms with Crippen molar-refractivity contribution in [2.24, 2.45) is 5.92 Å². The molecule has 0 aromatic carbocycles. The summed E-state index contributed by atoms with van der Waals surface area (Å²) >= 11 is 0. The first kappa shape index (κ1) is 12.1. The van der Waals surface area contributed by atoms with Crippen LogP contribution in [0.5, 0.6) is 0 Å². The van der Waals surface area contributed by atoms with Crippen LogP contribution in [0.3, 0.4) is 0 Å². The molecule has 2 nitrogen and oxygen atoms in total. The summed E-state index contributed by atoms with van der Waals surface area (Å²) < 4.78 is 36.7. The molecule has 1 aromatic rings. The van der Waals surface area contributed by atoms with Crippen molar-refractivity contribution in [2.75, 3.05) is 0 Å². The summed E-state index contributed by atoms with van der Waals surface area (Å²) in [6.45, 7) is 3.12. The van der Waals surface area contributed by atoms with Crippen LogP contribution in [0, 0.1) is 5.92 Å². The van der Waals surface area contributed by atoms with E-state index < -0.39 is 12.1 Å². The highest BCUT2D eigenvalue weighted by molar-refractivity contribution is 5.03. The van der Waals surface area contributed by atoms with E-state index in [0.717, 1.165) is 5.69 Å². The van der Waals surface area contributed by atoms with E-state index in [-0.39, 0.29) is 12.3 Å². The van der Waals surface area contributed by atoms with Crippen molar-refractivity contribution in [2.45, 2.75) is 38.8 Å². The van der Waals surface area contributed by atoms with E-state index in [1.54, 1.807) is 12.3 Å². The van der Waals surface area contributed by atoms with Gasteiger partial charge in [0.05, 0.1) is 5.92 Å².